The lowest BCUT2D eigenvalue weighted by atomic mass is 10.0. The summed E-state index contributed by atoms with van der Waals surface area (Å²) in [6.07, 6.45) is 8.16. The number of aromatic nitrogens is 2. The van der Waals surface area contributed by atoms with Crippen molar-refractivity contribution >= 4 is 38.9 Å². The molecule has 1 fully saturated rings. The van der Waals surface area contributed by atoms with E-state index >= 15 is 0 Å². The van der Waals surface area contributed by atoms with Gasteiger partial charge in [-0.1, -0.05) is 37.3 Å². The van der Waals surface area contributed by atoms with Crippen molar-refractivity contribution in [2.45, 2.75) is 63.0 Å². The summed E-state index contributed by atoms with van der Waals surface area (Å²) in [5.41, 5.74) is 0.464. The zero-order valence-electron chi connectivity index (χ0n) is 17.3. The number of rotatable bonds is 8. The molecule has 1 amide bonds. The summed E-state index contributed by atoms with van der Waals surface area (Å²) >= 11 is 6.23. The Bertz CT molecular complexity index is 997. The number of aliphatic hydroxyl groups is 1. The lowest BCUT2D eigenvalue weighted by Crippen LogP contribution is -2.27. The van der Waals surface area contributed by atoms with E-state index < -0.39 is 15.9 Å². The van der Waals surface area contributed by atoms with Gasteiger partial charge in [0, 0.05) is 24.9 Å². The highest BCUT2D eigenvalue weighted by atomic mass is 35.5. The average Bonchev–Trinajstić information content (AvgIpc) is 3.31. The normalized spacial score (nSPS) is 16.0. The van der Waals surface area contributed by atoms with Gasteiger partial charge in [0.25, 0.3) is 0 Å². The Hall–Kier alpha value is -1.90. The van der Waals surface area contributed by atoms with Gasteiger partial charge in [-0.2, -0.15) is 5.10 Å². The topological polar surface area (TPSA) is 92.5 Å². The zero-order chi connectivity index (χ0) is 21.9. The van der Waals surface area contributed by atoms with Crippen molar-refractivity contribution in [2.75, 3.05) is 11.2 Å². The molecule has 30 heavy (non-hydrogen) atoms. The number of hydrogen-bond donors (Lipinski definition) is 1. The van der Waals surface area contributed by atoms with E-state index in [4.69, 9.17) is 11.6 Å². The first-order valence-corrected chi connectivity index (χ1v) is 12.5. The third-order valence-corrected chi connectivity index (χ3v) is 6.95. The number of carbonyl (C=O) groups is 1. The standard InChI is InChI=1S/C21H28ClN3O4S/c1-15(26)14-24-12-11-20(23-24)25(21(27)10-7-16-5-3-4-6-16)17-8-9-19(18(22)13-17)30(2,28)29/h8-9,11-13,15-16,26H,3-7,10,14H2,1-2H3/t15-/m0/s1. The molecule has 2 aromatic rings. The van der Waals surface area contributed by atoms with Crippen LogP contribution in [0.4, 0.5) is 11.5 Å². The minimum Gasteiger partial charge on any atom is -0.391 e. The van der Waals surface area contributed by atoms with Gasteiger partial charge in [0.2, 0.25) is 5.91 Å². The summed E-state index contributed by atoms with van der Waals surface area (Å²) in [5.74, 6) is 0.863. The van der Waals surface area contributed by atoms with Crippen LogP contribution in [-0.4, -0.2) is 41.6 Å². The summed E-state index contributed by atoms with van der Waals surface area (Å²) in [7, 11) is -3.47. The molecule has 1 atom stereocenters. The van der Waals surface area contributed by atoms with Crippen LogP contribution < -0.4 is 4.90 Å². The van der Waals surface area contributed by atoms with Crippen LogP contribution in [0.15, 0.2) is 35.4 Å². The average molecular weight is 454 g/mol. The maximum Gasteiger partial charge on any atom is 0.232 e. The molecule has 1 aromatic carbocycles. The second-order valence-corrected chi connectivity index (χ2v) is 10.4. The summed E-state index contributed by atoms with van der Waals surface area (Å²) in [5, 5.41) is 14.1. The highest BCUT2D eigenvalue weighted by Crippen LogP contribution is 2.33. The SMILES string of the molecule is C[C@H](O)Cn1ccc(N(C(=O)CCC2CCCC2)c2ccc(S(C)(=O)=O)c(Cl)c2)n1. The van der Waals surface area contributed by atoms with E-state index in [1.54, 1.807) is 29.9 Å². The molecule has 0 bridgehead atoms. The summed E-state index contributed by atoms with van der Waals surface area (Å²) in [6, 6.07) is 6.17. The maximum atomic E-state index is 13.2. The summed E-state index contributed by atoms with van der Waals surface area (Å²) in [6.45, 7) is 1.97. The zero-order valence-corrected chi connectivity index (χ0v) is 18.9. The summed E-state index contributed by atoms with van der Waals surface area (Å²) < 4.78 is 25.4. The van der Waals surface area contributed by atoms with Gasteiger partial charge in [0.1, 0.15) is 0 Å². The second-order valence-electron chi connectivity index (χ2n) is 8.05. The molecule has 1 aliphatic carbocycles. The van der Waals surface area contributed by atoms with E-state index in [9.17, 15) is 18.3 Å². The molecular formula is C21H28ClN3O4S. The van der Waals surface area contributed by atoms with E-state index in [0.29, 0.717) is 30.4 Å². The number of nitrogens with zero attached hydrogens (tertiary/aromatic N) is 3. The molecule has 0 spiro atoms. The van der Waals surface area contributed by atoms with Crippen LogP contribution in [0, 0.1) is 5.92 Å². The number of aliphatic hydroxyl groups excluding tert-OH is 1. The van der Waals surface area contributed by atoms with Crippen molar-refractivity contribution < 1.29 is 18.3 Å². The molecule has 1 N–H and O–H groups in total. The lowest BCUT2D eigenvalue weighted by molar-refractivity contribution is -0.118. The van der Waals surface area contributed by atoms with Crippen molar-refractivity contribution in [3.63, 3.8) is 0 Å². The molecule has 164 valence electrons. The molecule has 0 aliphatic heterocycles. The van der Waals surface area contributed by atoms with Crippen LogP contribution in [-0.2, 0) is 21.2 Å². The molecule has 1 aromatic heterocycles. The van der Waals surface area contributed by atoms with Crippen LogP contribution in [0.3, 0.4) is 0 Å². The molecule has 1 heterocycles. The smallest absolute Gasteiger partial charge is 0.232 e. The molecule has 1 aliphatic rings. The Labute approximate surface area is 182 Å². The van der Waals surface area contributed by atoms with E-state index in [-0.39, 0.29) is 15.8 Å². The Morgan fingerprint density at radius 2 is 2.03 bits per heavy atom. The molecule has 0 saturated heterocycles. The highest BCUT2D eigenvalue weighted by molar-refractivity contribution is 7.90. The van der Waals surface area contributed by atoms with E-state index in [1.165, 1.54) is 29.9 Å². The third kappa shape index (κ3) is 5.62. The second kappa shape index (κ2) is 9.49. The first-order valence-electron chi connectivity index (χ1n) is 10.2. The largest absolute Gasteiger partial charge is 0.391 e. The predicted octanol–water partition coefficient (Wildman–Crippen LogP) is 3.96. The number of carbonyl (C=O) groups excluding carboxylic acids is 1. The number of hydrogen-bond acceptors (Lipinski definition) is 5. The first-order chi connectivity index (χ1) is 14.1. The molecule has 3 rings (SSSR count). The van der Waals surface area contributed by atoms with Gasteiger partial charge < -0.3 is 5.11 Å². The van der Waals surface area contributed by atoms with Crippen LogP contribution in [0.2, 0.25) is 5.02 Å². The molecular weight excluding hydrogens is 426 g/mol. The van der Waals surface area contributed by atoms with Crippen molar-refractivity contribution in [1.29, 1.82) is 0 Å². The highest BCUT2D eigenvalue weighted by Gasteiger charge is 2.24. The van der Waals surface area contributed by atoms with Gasteiger partial charge in [0.05, 0.1) is 28.3 Å². The quantitative estimate of drug-likeness (QED) is 0.653. The molecule has 1 saturated carbocycles. The molecule has 9 heteroatoms. The van der Waals surface area contributed by atoms with E-state index in [0.717, 1.165) is 25.5 Å². The fourth-order valence-electron chi connectivity index (χ4n) is 3.91. The van der Waals surface area contributed by atoms with Crippen LogP contribution in [0.25, 0.3) is 0 Å². The Balaban J connectivity index is 1.91. The van der Waals surface area contributed by atoms with Crippen molar-refractivity contribution in [1.82, 2.24) is 9.78 Å². The molecule has 7 nitrogen and oxygen atoms in total. The number of anilines is 2. The maximum absolute atomic E-state index is 13.2. The van der Waals surface area contributed by atoms with Gasteiger partial charge in [-0.25, -0.2) is 8.42 Å². The number of amides is 1. The molecule has 0 unspecified atom stereocenters. The van der Waals surface area contributed by atoms with Crippen molar-refractivity contribution in [2.24, 2.45) is 5.92 Å². The van der Waals surface area contributed by atoms with Crippen molar-refractivity contribution in [3.8, 4) is 0 Å². The van der Waals surface area contributed by atoms with Gasteiger partial charge in [-0.15, -0.1) is 0 Å². The van der Waals surface area contributed by atoms with Gasteiger partial charge >= 0.3 is 0 Å². The van der Waals surface area contributed by atoms with Gasteiger partial charge in [-0.05, 0) is 37.5 Å². The summed E-state index contributed by atoms with van der Waals surface area (Å²) in [4.78, 5) is 14.7. The number of benzene rings is 1. The monoisotopic (exact) mass is 453 g/mol. The van der Waals surface area contributed by atoms with Gasteiger partial charge in [0.15, 0.2) is 15.7 Å². The lowest BCUT2D eigenvalue weighted by Gasteiger charge is -2.22. The van der Waals surface area contributed by atoms with E-state index in [2.05, 4.69) is 5.10 Å². The van der Waals surface area contributed by atoms with Crippen LogP contribution in [0.5, 0.6) is 0 Å². The molecule has 0 radical (unpaired) electrons. The predicted molar refractivity (Wildman–Crippen MR) is 117 cm³/mol. The fraction of sp³-hybridized carbons (Fsp3) is 0.524. The number of sulfone groups is 1. The minimum atomic E-state index is -3.47. The van der Waals surface area contributed by atoms with E-state index in [1.807, 2.05) is 0 Å². The Kier molecular flexibility index (Phi) is 7.21. The van der Waals surface area contributed by atoms with Crippen molar-refractivity contribution in [3.05, 3.63) is 35.5 Å². The first kappa shape index (κ1) is 22.8. The Morgan fingerprint density at radius 3 is 2.63 bits per heavy atom. The van der Waals surface area contributed by atoms with Gasteiger partial charge in [-0.3, -0.25) is 14.4 Å². The fourth-order valence-corrected chi connectivity index (χ4v) is 5.24. The Morgan fingerprint density at radius 1 is 1.33 bits per heavy atom. The van der Waals surface area contributed by atoms with Crippen LogP contribution >= 0.6 is 11.6 Å². The van der Waals surface area contributed by atoms with Crippen LogP contribution in [0.1, 0.15) is 45.4 Å². The number of halogens is 1. The third-order valence-electron chi connectivity index (χ3n) is 5.37. The minimum absolute atomic E-state index is 0.0194.